The molecule has 1 heterocycles. The molecule has 1 amide bonds. The summed E-state index contributed by atoms with van der Waals surface area (Å²) in [5.74, 6) is 0.548. The van der Waals surface area contributed by atoms with Crippen LogP contribution < -0.4 is 10.2 Å². The zero-order chi connectivity index (χ0) is 20.8. The molecule has 0 radical (unpaired) electrons. The van der Waals surface area contributed by atoms with Crippen molar-refractivity contribution in [2.45, 2.75) is 32.9 Å². The zero-order valence-electron chi connectivity index (χ0n) is 17.2. The summed E-state index contributed by atoms with van der Waals surface area (Å²) in [6, 6.07) is 14.0. The molecule has 29 heavy (non-hydrogen) atoms. The number of nitrogens with one attached hydrogen (secondary N) is 1. The molecule has 6 nitrogen and oxygen atoms in total. The Balaban J connectivity index is 1.57. The molecule has 0 aliphatic heterocycles. The van der Waals surface area contributed by atoms with E-state index in [4.69, 9.17) is 4.42 Å². The number of carbonyl (C=O) groups excluding carboxylic acids is 1. The van der Waals surface area contributed by atoms with E-state index in [9.17, 15) is 4.79 Å². The predicted molar refractivity (Wildman–Crippen MR) is 119 cm³/mol. The SMILES string of the molecule is CCN(CC)c1ccc(NC(=O)CSc2nnc(-c3ccc(C)cc3)o2)c(C)c1. The van der Waals surface area contributed by atoms with Gasteiger partial charge in [0, 0.05) is 30.0 Å². The quantitative estimate of drug-likeness (QED) is 0.531. The molecule has 2 aromatic carbocycles. The molecule has 0 aliphatic rings. The lowest BCUT2D eigenvalue weighted by atomic mass is 10.1. The summed E-state index contributed by atoms with van der Waals surface area (Å²) in [6.45, 7) is 10.2. The topological polar surface area (TPSA) is 71.3 Å². The normalized spacial score (nSPS) is 10.8. The van der Waals surface area contributed by atoms with Gasteiger partial charge in [0.15, 0.2) is 0 Å². The summed E-state index contributed by atoms with van der Waals surface area (Å²) >= 11 is 1.23. The van der Waals surface area contributed by atoms with Crippen molar-refractivity contribution in [2.75, 3.05) is 29.1 Å². The molecule has 0 saturated heterocycles. The summed E-state index contributed by atoms with van der Waals surface area (Å²) in [7, 11) is 0. The maximum absolute atomic E-state index is 12.4. The minimum atomic E-state index is -0.108. The van der Waals surface area contributed by atoms with E-state index < -0.39 is 0 Å². The number of benzene rings is 2. The lowest BCUT2D eigenvalue weighted by Crippen LogP contribution is -2.22. The maximum Gasteiger partial charge on any atom is 0.277 e. The van der Waals surface area contributed by atoms with Crippen LogP contribution in [0.2, 0.25) is 0 Å². The van der Waals surface area contributed by atoms with Gasteiger partial charge in [-0.3, -0.25) is 4.79 Å². The summed E-state index contributed by atoms with van der Waals surface area (Å²) in [6.07, 6.45) is 0. The number of aromatic nitrogens is 2. The highest BCUT2D eigenvalue weighted by Gasteiger charge is 2.12. The minimum absolute atomic E-state index is 0.108. The molecule has 0 aliphatic carbocycles. The summed E-state index contributed by atoms with van der Waals surface area (Å²) in [5.41, 5.74) is 5.04. The second kappa shape index (κ2) is 9.60. The molecule has 7 heteroatoms. The van der Waals surface area contributed by atoms with Crippen molar-refractivity contribution in [1.29, 1.82) is 0 Å². The van der Waals surface area contributed by atoms with Crippen LogP contribution in [0.3, 0.4) is 0 Å². The molecular formula is C22H26N4O2S. The van der Waals surface area contributed by atoms with Gasteiger partial charge in [-0.1, -0.05) is 29.5 Å². The Bertz CT molecular complexity index is 965. The average molecular weight is 411 g/mol. The van der Waals surface area contributed by atoms with Gasteiger partial charge in [-0.05, 0) is 63.6 Å². The first kappa shape index (κ1) is 20.9. The van der Waals surface area contributed by atoms with Gasteiger partial charge in [-0.25, -0.2) is 0 Å². The minimum Gasteiger partial charge on any atom is -0.411 e. The molecule has 3 rings (SSSR count). The van der Waals surface area contributed by atoms with Crippen molar-refractivity contribution in [3.05, 3.63) is 53.6 Å². The van der Waals surface area contributed by atoms with Gasteiger partial charge in [0.25, 0.3) is 5.22 Å². The van der Waals surface area contributed by atoms with E-state index in [1.54, 1.807) is 0 Å². The molecule has 0 fully saturated rings. The van der Waals surface area contributed by atoms with Gasteiger partial charge in [-0.15, -0.1) is 10.2 Å². The van der Waals surface area contributed by atoms with Gasteiger partial charge in [-0.2, -0.15) is 0 Å². The van der Waals surface area contributed by atoms with Crippen molar-refractivity contribution < 1.29 is 9.21 Å². The average Bonchev–Trinajstić information content (AvgIpc) is 3.19. The van der Waals surface area contributed by atoms with Crippen molar-refractivity contribution >= 4 is 29.0 Å². The van der Waals surface area contributed by atoms with E-state index in [1.807, 2.05) is 50.2 Å². The van der Waals surface area contributed by atoms with Crippen LogP contribution in [0.4, 0.5) is 11.4 Å². The first-order valence-electron chi connectivity index (χ1n) is 9.69. The van der Waals surface area contributed by atoms with Gasteiger partial charge >= 0.3 is 0 Å². The fourth-order valence-corrected chi connectivity index (χ4v) is 3.53. The Morgan fingerprint density at radius 3 is 2.45 bits per heavy atom. The van der Waals surface area contributed by atoms with Crippen LogP contribution in [-0.4, -0.2) is 34.9 Å². The monoisotopic (exact) mass is 410 g/mol. The molecule has 0 spiro atoms. The standard InChI is InChI=1S/C22H26N4O2S/c1-5-26(6-2)18-11-12-19(16(4)13-18)23-20(27)14-29-22-25-24-21(28-22)17-9-7-15(3)8-10-17/h7-13H,5-6,14H2,1-4H3,(H,23,27). The third-order valence-corrected chi connectivity index (χ3v) is 5.46. The van der Waals surface area contributed by atoms with Crippen LogP contribution in [0.15, 0.2) is 52.1 Å². The lowest BCUT2D eigenvalue weighted by Gasteiger charge is -2.22. The van der Waals surface area contributed by atoms with Gasteiger partial charge in [0.05, 0.1) is 5.75 Å². The third-order valence-electron chi connectivity index (χ3n) is 4.64. The Hall–Kier alpha value is -2.80. The molecule has 1 aromatic heterocycles. The van der Waals surface area contributed by atoms with E-state index in [2.05, 4.69) is 40.3 Å². The first-order valence-corrected chi connectivity index (χ1v) is 10.7. The number of hydrogen-bond donors (Lipinski definition) is 1. The smallest absolute Gasteiger partial charge is 0.277 e. The first-order chi connectivity index (χ1) is 14.0. The van der Waals surface area contributed by atoms with Crippen molar-refractivity contribution in [1.82, 2.24) is 10.2 Å². The Labute approximate surface area is 175 Å². The van der Waals surface area contributed by atoms with Crippen LogP contribution in [0, 0.1) is 13.8 Å². The molecule has 0 bridgehead atoms. The summed E-state index contributed by atoms with van der Waals surface area (Å²) in [5, 5.41) is 11.4. The van der Waals surface area contributed by atoms with Crippen LogP contribution in [0.5, 0.6) is 0 Å². The fraction of sp³-hybridized carbons (Fsp3) is 0.318. The van der Waals surface area contributed by atoms with Gasteiger partial charge < -0.3 is 14.6 Å². The van der Waals surface area contributed by atoms with Crippen molar-refractivity contribution in [2.24, 2.45) is 0 Å². The molecule has 0 atom stereocenters. The highest BCUT2D eigenvalue weighted by Crippen LogP contribution is 2.25. The summed E-state index contributed by atoms with van der Waals surface area (Å²) in [4.78, 5) is 14.6. The molecule has 0 unspecified atom stereocenters. The largest absolute Gasteiger partial charge is 0.411 e. The van der Waals surface area contributed by atoms with Crippen molar-refractivity contribution in [3.63, 3.8) is 0 Å². The highest BCUT2D eigenvalue weighted by molar-refractivity contribution is 7.99. The molecule has 3 aromatic rings. The van der Waals surface area contributed by atoms with Crippen LogP contribution in [-0.2, 0) is 4.79 Å². The predicted octanol–water partition coefficient (Wildman–Crippen LogP) is 4.93. The highest BCUT2D eigenvalue weighted by atomic mass is 32.2. The molecular weight excluding hydrogens is 384 g/mol. The number of thioether (sulfide) groups is 1. The fourth-order valence-electron chi connectivity index (χ4n) is 2.97. The van der Waals surface area contributed by atoms with E-state index in [-0.39, 0.29) is 11.7 Å². The van der Waals surface area contributed by atoms with E-state index in [1.165, 1.54) is 17.3 Å². The van der Waals surface area contributed by atoms with Crippen LogP contribution in [0.25, 0.3) is 11.5 Å². The van der Waals surface area contributed by atoms with Crippen LogP contribution in [0.1, 0.15) is 25.0 Å². The third kappa shape index (κ3) is 5.38. The lowest BCUT2D eigenvalue weighted by molar-refractivity contribution is -0.113. The Morgan fingerprint density at radius 2 is 1.79 bits per heavy atom. The summed E-state index contributed by atoms with van der Waals surface area (Å²) < 4.78 is 5.66. The van der Waals surface area contributed by atoms with E-state index in [0.29, 0.717) is 11.1 Å². The van der Waals surface area contributed by atoms with E-state index >= 15 is 0 Å². The number of carbonyl (C=O) groups is 1. The van der Waals surface area contributed by atoms with Crippen LogP contribution >= 0.6 is 11.8 Å². The molecule has 0 saturated carbocycles. The Kier molecular flexibility index (Phi) is 6.93. The number of nitrogens with zero attached hydrogens (tertiary/aromatic N) is 3. The number of rotatable bonds is 8. The second-order valence-electron chi connectivity index (χ2n) is 6.75. The maximum atomic E-state index is 12.4. The number of hydrogen-bond acceptors (Lipinski definition) is 6. The zero-order valence-corrected chi connectivity index (χ0v) is 18.0. The second-order valence-corrected chi connectivity index (χ2v) is 7.67. The molecule has 1 N–H and O–H groups in total. The van der Waals surface area contributed by atoms with Crippen molar-refractivity contribution in [3.8, 4) is 11.5 Å². The number of amides is 1. The molecule has 152 valence electrons. The Morgan fingerprint density at radius 1 is 1.07 bits per heavy atom. The van der Waals surface area contributed by atoms with Gasteiger partial charge in [0.1, 0.15) is 0 Å². The number of anilines is 2. The van der Waals surface area contributed by atoms with E-state index in [0.717, 1.165) is 35.6 Å². The van der Waals surface area contributed by atoms with Gasteiger partial charge in [0.2, 0.25) is 11.8 Å². The number of aryl methyl sites for hydroxylation is 2.